The van der Waals surface area contributed by atoms with Crippen molar-refractivity contribution in [3.8, 4) is 0 Å². The molecule has 0 radical (unpaired) electrons. The summed E-state index contributed by atoms with van der Waals surface area (Å²) in [7, 11) is 0. The normalized spacial score (nSPS) is 34.5. The fourth-order valence-corrected chi connectivity index (χ4v) is 2.44. The number of aliphatic carboxylic acids is 1. The highest BCUT2D eigenvalue weighted by Gasteiger charge is 2.58. The molecule has 0 aliphatic heterocycles. The molecule has 0 saturated heterocycles. The number of alkyl halides is 1. The van der Waals surface area contributed by atoms with Crippen molar-refractivity contribution in [3.05, 3.63) is 35.9 Å². The molecule has 2 rings (SSSR count). The van der Waals surface area contributed by atoms with Gasteiger partial charge in [-0.2, -0.15) is 0 Å². The molecule has 1 fully saturated rings. The quantitative estimate of drug-likeness (QED) is 0.810. The Morgan fingerprint density at radius 2 is 1.87 bits per heavy atom. The molecule has 0 heterocycles. The first kappa shape index (κ1) is 10.1. The SMILES string of the molecule is CC1(F)CC(C(=O)O)(c2ccccc2)C1. The number of benzene rings is 1. The predicted molar refractivity (Wildman–Crippen MR) is 54.5 cm³/mol. The fourth-order valence-electron chi connectivity index (χ4n) is 2.44. The van der Waals surface area contributed by atoms with Crippen LogP contribution in [0.2, 0.25) is 0 Å². The first-order valence-corrected chi connectivity index (χ1v) is 4.94. The summed E-state index contributed by atoms with van der Waals surface area (Å²) >= 11 is 0. The van der Waals surface area contributed by atoms with E-state index in [4.69, 9.17) is 0 Å². The third kappa shape index (κ3) is 1.52. The van der Waals surface area contributed by atoms with Crippen molar-refractivity contribution in [1.29, 1.82) is 0 Å². The summed E-state index contributed by atoms with van der Waals surface area (Å²) in [4.78, 5) is 11.2. The van der Waals surface area contributed by atoms with Crippen LogP contribution >= 0.6 is 0 Å². The van der Waals surface area contributed by atoms with Gasteiger partial charge in [0.25, 0.3) is 0 Å². The van der Waals surface area contributed by atoms with Crippen molar-refractivity contribution in [2.45, 2.75) is 30.8 Å². The topological polar surface area (TPSA) is 37.3 Å². The monoisotopic (exact) mass is 208 g/mol. The zero-order valence-corrected chi connectivity index (χ0v) is 8.53. The van der Waals surface area contributed by atoms with Crippen LogP contribution in [0.4, 0.5) is 4.39 Å². The molecular formula is C12H13FO2. The molecule has 2 nitrogen and oxygen atoms in total. The van der Waals surface area contributed by atoms with E-state index in [2.05, 4.69) is 0 Å². The average molecular weight is 208 g/mol. The second kappa shape index (κ2) is 3.05. The summed E-state index contributed by atoms with van der Waals surface area (Å²) in [5.41, 5.74) is -1.65. The highest BCUT2D eigenvalue weighted by atomic mass is 19.1. The van der Waals surface area contributed by atoms with E-state index in [-0.39, 0.29) is 12.8 Å². The number of rotatable bonds is 2. The van der Waals surface area contributed by atoms with E-state index < -0.39 is 17.1 Å². The van der Waals surface area contributed by atoms with Crippen LogP contribution in [0, 0.1) is 0 Å². The first-order valence-electron chi connectivity index (χ1n) is 4.94. The first-order chi connectivity index (χ1) is 6.96. The Morgan fingerprint density at radius 1 is 1.33 bits per heavy atom. The standard InChI is InChI=1S/C12H13FO2/c1-11(13)7-12(8-11,10(14)15)9-5-3-2-4-6-9/h2-6H,7-8H2,1H3,(H,14,15). The molecule has 0 unspecified atom stereocenters. The van der Waals surface area contributed by atoms with Crippen LogP contribution in [-0.2, 0) is 10.2 Å². The summed E-state index contributed by atoms with van der Waals surface area (Å²) in [6.45, 7) is 1.46. The second-order valence-electron chi connectivity index (χ2n) is 4.52. The number of carboxylic acid groups (broad SMARTS) is 1. The van der Waals surface area contributed by atoms with Gasteiger partial charge in [-0.15, -0.1) is 0 Å². The van der Waals surface area contributed by atoms with Gasteiger partial charge in [0.15, 0.2) is 0 Å². The molecule has 80 valence electrons. The molecule has 1 aliphatic rings. The molecule has 3 heteroatoms. The van der Waals surface area contributed by atoms with Crippen molar-refractivity contribution < 1.29 is 14.3 Å². The average Bonchev–Trinajstić information content (AvgIpc) is 2.14. The van der Waals surface area contributed by atoms with Gasteiger partial charge in [-0.25, -0.2) is 4.39 Å². The van der Waals surface area contributed by atoms with E-state index in [0.717, 1.165) is 0 Å². The molecule has 0 aromatic heterocycles. The molecule has 15 heavy (non-hydrogen) atoms. The number of hydrogen-bond donors (Lipinski definition) is 1. The minimum Gasteiger partial charge on any atom is -0.481 e. The summed E-state index contributed by atoms with van der Waals surface area (Å²) in [6.07, 6.45) is 0.138. The van der Waals surface area contributed by atoms with E-state index in [1.54, 1.807) is 24.3 Å². The van der Waals surface area contributed by atoms with Gasteiger partial charge in [0.05, 0.1) is 5.41 Å². The summed E-state index contributed by atoms with van der Waals surface area (Å²) in [5.74, 6) is -0.927. The number of hydrogen-bond acceptors (Lipinski definition) is 1. The number of carbonyl (C=O) groups is 1. The van der Waals surface area contributed by atoms with E-state index in [0.29, 0.717) is 5.56 Å². The van der Waals surface area contributed by atoms with Gasteiger partial charge < -0.3 is 5.11 Å². The molecule has 0 bridgehead atoms. The number of carboxylic acids is 1. The van der Waals surface area contributed by atoms with E-state index in [9.17, 15) is 14.3 Å². The molecule has 1 saturated carbocycles. The molecule has 0 amide bonds. The maximum absolute atomic E-state index is 13.5. The summed E-state index contributed by atoms with van der Waals surface area (Å²) in [6, 6.07) is 8.90. The van der Waals surface area contributed by atoms with Gasteiger partial charge in [0, 0.05) is 12.8 Å². The highest BCUT2D eigenvalue weighted by molar-refractivity contribution is 5.83. The van der Waals surface area contributed by atoms with Crippen LogP contribution in [0.15, 0.2) is 30.3 Å². The molecule has 0 atom stereocenters. The van der Waals surface area contributed by atoms with Gasteiger partial charge in [-0.1, -0.05) is 30.3 Å². The molecular weight excluding hydrogens is 195 g/mol. The highest BCUT2D eigenvalue weighted by Crippen LogP contribution is 2.52. The van der Waals surface area contributed by atoms with Crippen LogP contribution in [-0.4, -0.2) is 16.7 Å². The zero-order chi connectivity index (χ0) is 11.1. The lowest BCUT2D eigenvalue weighted by atomic mass is 9.57. The minimum atomic E-state index is -1.34. The van der Waals surface area contributed by atoms with Gasteiger partial charge in [-0.3, -0.25) is 4.79 Å². The lowest BCUT2D eigenvalue weighted by Gasteiger charge is -2.47. The van der Waals surface area contributed by atoms with Crippen LogP contribution in [0.1, 0.15) is 25.3 Å². The summed E-state index contributed by atoms with van der Waals surface area (Å²) in [5, 5.41) is 9.20. The van der Waals surface area contributed by atoms with Crippen molar-refractivity contribution in [2.24, 2.45) is 0 Å². The van der Waals surface area contributed by atoms with Crippen molar-refractivity contribution in [2.75, 3.05) is 0 Å². The van der Waals surface area contributed by atoms with Crippen LogP contribution < -0.4 is 0 Å². The van der Waals surface area contributed by atoms with E-state index >= 15 is 0 Å². The lowest BCUT2D eigenvalue weighted by Crippen LogP contribution is -2.55. The van der Waals surface area contributed by atoms with E-state index in [1.165, 1.54) is 6.92 Å². The Kier molecular flexibility index (Phi) is 2.07. The zero-order valence-electron chi connectivity index (χ0n) is 8.53. The minimum absolute atomic E-state index is 0.0688. The van der Waals surface area contributed by atoms with E-state index in [1.807, 2.05) is 6.07 Å². The maximum Gasteiger partial charge on any atom is 0.314 e. The van der Waals surface area contributed by atoms with Crippen molar-refractivity contribution in [3.63, 3.8) is 0 Å². The van der Waals surface area contributed by atoms with Crippen LogP contribution in [0.25, 0.3) is 0 Å². The Hall–Kier alpha value is -1.38. The summed E-state index contributed by atoms with van der Waals surface area (Å²) < 4.78 is 13.5. The van der Waals surface area contributed by atoms with Gasteiger partial charge in [0.1, 0.15) is 5.67 Å². The second-order valence-corrected chi connectivity index (χ2v) is 4.52. The molecule has 1 aromatic carbocycles. The Balaban J connectivity index is 2.36. The largest absolute Gasteiger partial charge is 0.481 e. The smallest absolute Gasteiger partial charge is 0.314 e. The van der Waals surface area contributed by atoms with Crippen molar-refractivity contribution in [1.82, 2.24) is 0 Å². The number of halogens is 1. The lowest BCUT2D eigenvalue weighted by molar-refractivity contribution is -0.155. The molecule has 1 aliphatic carbocycles. The van der Waals surface area contributed by atoms with Gasteiger partial charge in [-0.05, 0) is 12.5 Å². The molecule has 1 aromatic rings. The van der Waals surface area contributed by atoms with Gasteiger partial charge >= 0.3 is 5.97 Å². The molecule has 0 spiro atoms. The Morgan fingerprint density at radius 3 is 2.27 bits per heavy atom. The Bertz CT molecular complexity index is 376. The van der Waals surface area contributed by atoms with Gasteiger partial charge in [0.2, 0.25) is 0 Å². The van der Waals surface area contributed by atoms with Crippen LogP contribution in [0.5, 0.6) is 0 Å². The third-order valence-electron chi connectivity index (χ3n) is 3.08. The molecule has 1 N–H and O–H groups in total. The third-order valence-corrected chi connectivity index (χ3v) is 3.08. The Labute approximate surface area is 87.7 Å². The fraction of sp³-hybridized carbons (Fsp3) is 0.417. The predicted octanol–water partition coefficient (Wildman–Crippen LogP) is 2.53. The van der Waals surface area contributed by atoms with Crippen LogP contribution in [0.3, 0.4) is 0 Å². The maximum atomic E-state index is 13.5. The van der Waals surface area contributed by atoms with Crippen molar-refractivity contribution >= 4 is 5.97 Å².